The number of alkyl carbamates (subject to hydrolysis) is 1. The van der Waals surface area contributed by atoms with Gasteiger partial charge in [0.1, 0.15) is 5.82 Å². The van der Waals surface area contributed by atoms with Gasteiger partial charge < -0.3 is 9.47 Å². The Morgan fingerprint density at radius 2 is 1.93 bits per heavy atom. The van der Waals surface area contributed by atoms with E-state index in [2.05, 4.69) is 9.72 Å². The summed E-state index contributed by atoms with van der Waals surface area (Å²) in [6, 6.07) is 4.50. The molecule has 2 aromatic rings. The number of rotatable bonds is 3. The first-order valence-electron chi connectivity index (χ1n) is 9.54. The van der Waals surface area contributed by atoms with Gasteiger partial charge in [-0.15, -0.1) is 0 Å². The summed E-state index contributed by atoms with van der Waals surface area (Å²) in [5.41, 5.74) is 0.471. The van der Waals surface area contributed by atoms with Crippen LogP contribution in [0.2, 0.25) is 0 Å². The maximum absolute atomic E-state index is 12.8. The van der Waals surface area contributed by atoms with Crippen molar-refractivity contribution >= 4 is 28.9 Å². The van der Waals surface area contributed by atoms with Gasteiger partial charge in [-0.25, -0.2) is 14.6 Å². The smallest absolute Gasteiger partial charge is 0.413 e. The number of fused-ring (bicyclic) bond motifs is 2. The second-order valence-corrected chi connectivity index (χ2v) is 6.91. The van der Waals surface area contributed by atoms with Crippen molar-refractivity contribution in [2.75, 3.05) is 7.11 Å². The molecule has 3 rings (SSSR count). The monoisotopic (exact) mass is 401 g/mol. The first-order chi connectivity index (χ1) is 13.9. The van der Waals surface area contributed by atoms with Gasteiger partial charge in [-0.05, 0) is 38.0 Å². The summed E-state index contributed by atoms with van der Waals surface area (Å²) in [4.78, 5) is 52.7. The Bertz CT molecular complexity index is 1010. The molecule has 1 aromatic heterocycles. The van der Waals surface area contributed by atoms with E-state index in [-0.39, 0.29) is 11.1 Å². The molecule has 1 aromatic carbocycles. The van der Waals surface area contributed by atoms with Gasteiger partial charge in [-0.2, -0.15) is 0 Å². The van der Waals surface area contributed by atoms with Gasteiger partial charge in [-0.3, -0.25) is 19.5 Å². The zero-order valence-electron chi connectivity index (χ0n) is 16.4. The highest BCUT2D eigenvalue weighted by molar-refractivity contribution is 5.98. The molecule has 0 bridgehead atoms. The number of aryl methyl sites for hydroxylation is 1. The number of hydrogen-bond acceptors (Lipinski definition) is 7. The molecule has 0 aliphatic carbocycles. The van der Waals surface area contributed by atoms with Gasteiger partial charge in [-0.1, -0.05) is 12.8 Å². The fraction of sp³-hybridized carbons (Fsp3) is 0.450. The van der Waals surface area contributed by atoms with E-state index in [0.717, 1.165) is 38.6 Å². The molecule has 0 spiro atoms. The maximum Gasteiger partial charge on any atom is 0.413 e. The number of nitrogens with one attached hydrogen (secondary N) is 1. The summed E-state index contributed by atoms with van der Waals surface area (Å²) in [5, 5.41) is 2.37. The Morgan fingerprint density at radius 1 is 1.17 bits per heavy atom. The summed E-state index contributed by atoms with van der Waals surface area (Å²) < 4.78 is 11.2. The molecule has 2 amide bonds. The van der Waals surface area contributed by atoms with Crippen LogP contribution in [0.15, 0.2) is 23.0 Å². The number of aromatic nitrogens is 2. The van der Waals surface area contributed by atoms with Crippen LogP contribution in [-0.2, 0) is 27.2 Å². The largest absolute Gasteiger partial charge is 0.453 e. The Kier molecular flexibility index (Phi) is 6.26. The third-order valence-corrected chi connectivity index (χ3v) is 4.87. The van der Waals surface area contributed by atoms with Gasteiger partial charge in [0.05, 0.1) is 23.6 Å². The van der Waals surface area contributed by atoms with Crippen LogP contribution in [0.4, 0.5) is 4.79 Å². The Morgan fingerprint density at radius 3 is 2.69 bits per heavy atom. The molecule has 0 unspecified atom stereocenters. The van der Waals surface area contributed by atoms with Crippen LogP contribution >= 0.6 is 0 Å². The van der Waals surface area contributed by atoms with E-state index in [4.69, 9.17) is 4.74 Å². The number of hydrogen-bond donors (Lipinski definition) is 1. The van der Waals surface area contributed by atoms with Crippen LogP contribution in [0.25, 0.3) is 10.9 Å². The molecule has 29 heavy (non-hydrogen) atoms. The summed E-state index contributed by atoms with van der Waals surface area (Å²) in [7, 11) is 1.12. The van der Waals surface area contributed by atoms with Gasteiger partial charge in [0, 0.05) is 13.0 Å². The van der Waals surface area contributed by atoms with Crippen LogP contribution in [0.3, 0.4) is 0 Å². The van der Waals surface area contributed by atoms with E-state index < -0.39 is 24.1 Å². The molecule has 0 saturated heterocycles. The second kappa shape index (κ2) is 8.85. The lowest BCUT2D eigenvalue weighted by atomic mass is 10.1. The van der Waals surface area contributed by atoms with Gasteiger partial charge >= 0.3 is 12.1 Å². The van der Waals surface area contributed by atoms with Crippen LogP contribution in [0.1, 0.15) is 48.8 Å². The normalized spacial score (nSPS) is 14.8. The van der Waals surface area contributed by atoms with Crippen molar-refractivity contribution in [1.82, 2.24) is 14.9 Å². The zero-order chi connectivity index (χ0) is 21.0. The number of imide groups is 1. The number of carbonyl (C=O) groups is 3. The minimum atomic E-state index is -1.20. The number of methoxy groups -OCH3 is 1. The van der Waals surface area contributed by atoms with Crippen molar-refractivity contribution in [2.24, 2.45) is 0 Å². The Hall–Kier alpha value is -3.23. The van der Waals surface area contributed by atoms with Crippen LogP contribution in [0, 0.1) is 0 Å². The van der Waals surface area contributed by atoms with Crippen molar-refractivity contribution in [3.8, 4) is 0 Å². The predicted octanol–water partition coefficient (Wildman–Crippen LogP) is 1.94. The first-order valence-corrected chi connectivity index (χ1v) is 9.54. The maximum atomic E-state index is 12.8. The standard InChI is InChI=1S/C20H23N3O6/c1-12(17(24)22-20(27)28-2)29-19(26)13-8-9-14-15(11-13)21-16-7-5-3-4-6-10-23(16)18(14)25/h8-9,11-12H,3-7,10H2,1-2H3,(H,22,24,27)/t12-/m0/s1. The molecule has 0 fully saturated rings. The lowest BCUT2D eigenvalue weighted by molar-refractivity contribution is -0.128. The highest BCUT2D eigenvalue weighted by Crippen LogP contribution is 2.17. The van der Waals surface area contributed by atoms with Gasteiger partial charge in [0.25, 0.3) is 11.5 Å². The molecular formula is C20H23N3O6. The van der Waals surface area contributed by atoms with Gasteiger partial charge in [0.2, 0.25) is 0 Å². The van der Waals surface area contributed by atoms with Crippen LogP contribution in [-0.4, -0.2) is 40.7 Å². The summed E-state index contributed by atoms with van der Waals surface area (Å²) in [5.74, 6) is -0.838. The van der Waals surface area contributed by atoms with E-state index in [1.54, 1.807) is 10.6 Å². The van der Waals surface area contributed by atoms with E-state index in [1.165, 1.54) is 19.1 Å². The molecule has 1 N–H and O–H groups in total. The number of benzene rings is 1. The molecule has 0 saturated carbocycles. The number of esters is 1. The third-order valence-electron chi connectivity index (χ3n) is 4.87. The number of ether oxygens (including phenoxy) is 2. The predicted molar refractivity (Wildman–Crippen MR) is 104 cm³/mol. The van der Waals surface area contributed by atoms with Crippen LogP contribution in [0.5, 0.6) is 0 Å². The highest BCUT2D eigenvalue weighted by Gasteiger charge is 2.22. The van der Waals surface area contributed by atoms with Crippen molar-refractivity contribution in [1.29, 1.82) is 0 Å². The number of nitrogens with zero attached hydrogens (tertiary/aromatic N) is 2. The lowest BCUT2D eigenvalue weighted by Gasteiger charge is -2.16. The topological polar surface area (TPSA) is 117 Å². The highest BCUT2D eigenvalue weighted by atomic mass is 16.6. The lowest BCUT2D eigenvalue weighted by Crippen LogP contribution is -2.39. The molecule has 154 valence electrons. The fourth-order valence-electron chi connectivity index (χ4n) is 3.26. The molecule has 2 heterocycles. The molecule has 9 heteroatoms. The number of carbonyl (C=O) groups excluding carboxylic acids is 3. The fourth-order valence-corrected chi connectivity index (χ4v) is 3.26. The quantitative estimate of drug-likeness (QED) is 0.781. The molecule has 1 aliphatic heterocycles. The van der Waals surface area contributed by atoms with E-state index in [9.17, 15) is 19.2 Å². The average Bonchev–Trinajstić information content (AvgIpc) is 2.68. The Labute approximate surface area is 167 Å². The summed E-state index contributed by atoms with van der Waals surface area (Å²) in [6.45, 7) is 1.98. The summed E-state index contributed by atoms with van der Waals surface area (Å²) in [6.07, 6.45) is 2.67. The summed E-state index contributed by atoms with van der Waals surface area (Å²) >= 11 is 0. The van der Waals surface area contributed by atoms with Crippen molar-refractivity contribution in [2.45, 2.75) is 51.7 Å². The SMILES string of the molecule is COC(=O)NC(=O)[C@H](C)OC(=O)c1ccc2c(=O)n3c(nc2c1)CCCCCC3. The first kappa shape index (κ1) is 20.5. The molecule has 1 aliphatic rings. The van der Waals surface area contributed by atoms with E-state index >= 15 is 0 Å². The minimum Gasteiger partial charge on any atom is -0.453 e. The zero-order valence-corrected chi connectivity index (χ0v) is 16.4. The Balaban J connectivity index is 1.84. The van der Waals surface area contributed by atoms with E-state index in [0.29, 0.717) is 23.9 Å². The van der Waals surface area contributed by atoms with Crippen molar-refractivity contribution < 1.29 is 23.9 Å². The second-order valence-electron chi connectivity index (χ2n) is 6.91. The van der Waals surface area contributed by atoms with E-state index in [1.807, 2.05) is 5.32 Å². The average molecular weight is 401 g/mol. The third kappa shape index (κ3) is 4.61. The van der Waals surface area contributed by atoms with Crippen LogP contribution < -0.4 is 10.9 Å². The van der Waals surface area contributed by atoms with Crippen molar-refractivity contribution in [3.63, 3.8) is 0 Å². The van der Waals surface area contributed by atoms with Crippen molar-refractivity contribution in [3.05, 3.63) is 39.9 Å². The molecule has 9 nitrogen and oxygen atoms in total. The molecule has 1 atom stereocenters. The molecular weight excluding hydrogens is 378 g/mol. The minimum absolute atomic E-state index is 0.113. The molecule has 0 radical (unpaired) electrons. The van der Waals surface area contributed by atoms with Gasteiger partial charge in [0.15, 0.2) is 6.10 Å². The number of amides is 2.